The first-order chi connectivity index (χ1) is 8.09. The molecule has 1 aliphatic rings. The van der Waals surface area contributed by atoms with E-state index < -0.39 is 0 Å². The molecule has 0 radical (unpaired) electrons. The highest BCUT2D eigenvalue weighted by molar-refractivity contribution is 5.00. The van der Waals surface area contributed by atoms with Crippen LogP contribution in [0, 0.1) is 11.8 Å². The summed E-state index contributed by atoms with van der Waals surface area (Å²) in [5, 5.41) is 12.9. The Bertz CT molecular complexity index is 222. The Kier molecular flexibility index (Phi) is 5.90. The maximum atomic E-state index is 9.10. The van der Waals surface area contributed by atoms with Crippen molar-refractivity contribution < 1.29 is 5.11 Å². The van der Waals surface area contributed by atoms with Gasteiger partial charge in [0.05, 0.1) is 0 Å². The summed E-state index contributed by atoms with van der Waals surface area (Å²) in [5.41, 5.74) is 6.16. The smallest absolute Gasteiger partial charge is 0.0445 e. The van der Waals surface area contributed by atoms with E-state index >= 15 is 0 Å². The summed E-state index contributed by atoms with van der Waals surface area (Å²) in [6.45, 7) is 7.81. The van der Waals surface area contributed by atoms with Gasteiger partial charge >= 0.3 is 0 Å². The number of aliphatic hydroxyl groups is 1. The molecule has 0 saturated heterocycles. The van der Waals surface area contributed by atoms with Gasteiger partial charge in [-0.25, -0.2) is 0 Å². The van der Waals surface area contributed by atoms with Crippen LogP contribution < -0.4 is 11.1 Å². The predicted octanol–water partition coefficient (Wildman–Crippen LogP) is 1.89. The molecule has 0 aromatic rings. The Morgan fingerprint density at radius 3 is 2.71 bits per heavy atom. The quantitative estimate of drug-likeness (QED) is 0.666. The first-order valence-electron chi connectivity index (χ1n) is 7.18. The third-order valence-corrected chi connectivity index (χ3v) is 4.83. The van der Waals surface area contributed by atoms with Gasteiger partial charge in [0, 0.05) is 24.7 Å². The molecule has 4 atom stereocenters. The fraction of sp³-hybridized carbons (Fsp3) is 1.00. The standard InChI is InChI=1S/C14H30N2O/c1-4-13(7-9-17)16-14(10-15)8-5-6-11(2)12(14)3/h11-13,16-17H,4-10,15H2,1-3H3. The normalized spacial score (nSPS) is 35.8. The number of nitrogens with one attached hydrogen (secondary N) is 1. The van der Waals surface area contributed by atoms with E-state index in [0.717, 1.165) is 18.8 Å². The van der Waals surface area contributed by atoms with E-state index in [2.05, 4.69) is 26.1 Å². The van der Waals surface area contributed by atoms with Gasteiger partial charge in [-0.05, 0) is 31.1 Å². The topological polar surface area (TPSA) is 58.3 Å². The second-order valence-corrected chi connectivity index (χ2v) is 5.78. The molecular weight excluding hydrogens is 212 g/mol. The van der Waals surface area contributed by atoms with Crippen LogP contribution in [0.15, 0.2) is 0 Å². The van der Waals surface area contributed by atoms with Crippen LogP contribution in [-0.2, 0) is 0 Å². The van der Waals surface area contributed by atoms with Crippen molar-refractivity contribution in [3.8, 4) is 0 Å². The highest BCUT2D eigenvalue weighted by atomic mass is 16.3. The summed E-state index contributed by atoms with van der Waals surface area (Å²) in [6.07, 6.45) is 5.66. The Morgan fingerprint density at radius 1 is 1.47 bits per heavy atom. The van der Waals surface area contributed by atoms with E-state index in [1.807, 2.05) is 0 Å². The van der Waals surface area contributed by atoms with Crippen molar-refractivity contribution in [1.29, 1.82) is 0 Å². The van der Waals surface area contributed by atoms with Gasteiger partial charge in [0.25, 0.3) is 0 Å². The zero-order valence-corrected chi connectivity index (χ0v) is 11.7. The van der Waals surface area contributed by atoms with Crippen molar-refractivity contribution in [1.82, 2.24) is 5.32 Å². The molecule has 1 saturated carbocycles. The molecule has 0 amide bonds. The molecule has 4 N–H and O–H groups in total. The molecule has 102 valence electrons. The van der Waals surface area contributed by atoms with Gasteiger partial charge in [-0.3, -0.25) is 0 Å². The van der Waals surface area contributed by atoms with E-state index in [9.17, 15) is 0 Å². The van der Waals surface area contributed by atoms with Crippen molar-refractivity contribution >= 4 is 0 Å². The predicted molar refractivity (Wildman–Crippen MR) is 72.9 cm³/mol. The summed E-state index contributed by atoms with van der Waals surface area (Å²) in [7, 11) is 0. The fourth-order valence-electron chi connectivity index (χ4n) is 3.25. The molecule has 1 fully saturated rings. The van der Waals surface area contributed by atoms with E-state index in [-0.39, 0.29) is 12.1 Å². The van der Waals surface area contributed by atoms with Crippen LogP contribution in [0.3, 0.4) is 0 Å². The first-order valence-corrected chi connectivity index (χ1v) is 7.18. The Hall–Kier alpha value is -0.120. The summed E-state index contributed by atoms with van der Waals surface area (Å²) in [4.78, 5) is 0. The number of aliphatic hydroxyl groups excluding tert-OH is 1. The van der Waals surface area contributed by atoms with Gasteiger partial charge < -0.3 is 16.2 Å². The second kappa shape index (κ2) is 6.72. The lowest BCUT2D eigenvalue weighted by molar-refractivity contribution is 0.0923. The SMILES string of the molecule is CCC(CCO)NC1(CN)CCCC(C)C1C. The molecular formula is C14H30N2O. The molecule has 0 spiro atoms. The van der Waals surface area contributed by atoms with Gasteiger partial charge in [-0.15, -0.1) is 0 Å². The van der Waals surface area contributed by atoms with Crippen LogP contribution in [0.1, 0.15) is 52.9 Å². The van der Waals surface area contributed by atoms with Gasteiger partial charge in [-0.2, -0.15) is 0 Å². The molecule has 0 bridgehead atoms. The number of nitrogens with two attached hydrogens (primary N) is 1. The summed E-state index contributed by atoms with van der Waals surface area (Å²) < 4.78 is 0. The number of hydrogen-bond donors (Lipinski definition) is 3. The molecule has 0 aromatic heterocycles. The zero-order chi connectivity index (χ0) is 12.9. The molecule has 0 aliphatic heterocycles. The van der Waals surface area contributed by atoms with Crippen LogP contribution in [0.2, 0.25) is 0 Å². The Balaban J connectivity index is 2.72. The van der Waals surface area contributed by atoms with Crippen LogP contribution in [0.5, 0.6) is 0 Å². The molecule has 4 unspecified atom stereocenters. The Labute approximate surface area is 106 Å². The van der Waals surface area contributed by atoms with Crippen molar-refractivity contribution in [2.45, 2.75) is 64.5 Å². The molecule has 0 heterocycles. The Morgan fingerprint density at radius 2 is 2.18 bits per heavy atom. The van der Waals surface area contributed by atoms with E-state index in [4.69, 9.17) is 10.8 Å². The van der Waals surface area contributed by atoms with Gasteiger partial charge in [0.2, 0.25) is 0 Å². The number of rotatable bonds is 6. The lowest BCUT2D eigenvalue weighted by Gasteiger charge is -2.48. The molecule has 17 heavy (non-hydrogen) atoms. The van der Waals surface area contributed by atoms with Crippen molar-refractivity contribution in [2.24, 2.45) is 17.6 Å². The third kappa shape index (κ3) is 3.43. The lowest BCUT2D eigenvalue weighted by atomic mass is 9.68. The molecule has 3 nitrogen and oxygen atoms in total. The average Bonchev–Trinajstić information content (AvgIpc) is 2.34. The monoisotopic (exact) mass is 242 g/mol. The summed E-state index contributed by atoms with van der Waals surface area (Å²) in [5.74, 6) is 1.36. The zero-order valence-electron chi connectivity index (χ0n) is 11.7. The molecule has 0 aromatic carbocycles. The van der Waals surface area contributed by atoms with Crippen LogP contribution in [0.25, 0.3) is 0 Å². The fourth-order valence-corrected chi connectivity index (χ4v) is 3.25. The minimum atomic E-state index is 0.0908. The van der Waals surface area contributed by atoms with Gasteiger partial charge in [0.15, 0.2) is 0 Å². The maximum Gasteiger partial charge on any atom is 0.0445 e. The van der Waals surface area contributed by atoms with E-state index in [1.165, 1.54) is 19.3 Å². The average molecular weight is 242 g/mol. The van der Waals surface area contributed by atoms with E-state index in [0.29, 0.717) is 18.5 Å². The van der Waals surface area contributed by atoms with Crippen LogP contribution >= 0.6 is 0 Å². The summed E-state index contributed by atoms with van der Waals surface area (Å²) in [6, 6.07) is 0.399. The van der Waals surface area contributed by atoms with Gasteiger partial charge in [0.1, 0.15) is 0 Å². The van der Waals surface area contributed by atoms with Gasteiger partial charge in [-0.1, -0.05) is 33.6 Å². The molecule has 3 heteroatoms. The second-order valence-electron chi connectivity index (χ2n) is 5.78. The minimum absolute atomic E-state index is 0.0908. The largest absolute Gasteiger partial charge is 0.396 e. The highest BCUT2D eigenvalue weighted by Gasteiger charge is 2.41. The molecule has 1 aliphatic carbocycles. The van der Waals surface area contributed by atoms with Crippen LogP contribution in [0.4, 0.5) is 0 Å². The van der Waals surface area contributed by atoms with E-state index in [1.54, 1.807) is 0 Å². The lowest BCUT2D eigenvalue weighted by Crippen LogP contribution is -2.61. The summed E-state index contributed by atoms with van der Waals surface area (Å²) >= 11 is 0. The third-order valence-electron chi connectivity index (χ3n) is 4.83. The number of hydrogen-bond acceptors (Lipinski definition) is 3. The van der Waals surface area contributed by atoms with Crippen LogP contribution in [-0.4, -0.2) is 29.8 Å². The maximum absolute atomic E-state index is 9.10. The van der Waals surface area contributed by atoms with Crippen molar-refractivity contribution in [3.05, 3.63) is 0 Å². The highest BCUT2D eigenvalue weighted by Crippen LogP contribution is 2.37. The minimum Gasteiger partial charge on any atom is -0.396 e. The van der Waals surface area contributed by atoms with Crippen molar-refractivity contribution in [2.75, 3.05) is 13.2 Å². The molecule has 1 rings (SSSR count). The van der Waals surface area contributed by atoms with Crippen molar-refractivity contribution in [3.63, 3.8) is 0 Å². The first kappa shape index (κ1) is 14.9.